The van der Waals surface area contributed by atoms with Gasteiger partial charge >= 0.3 is 0 Å². The van der Waals surface area contributed by atoms with Crippen molar-refractivity contribution < 1.29 is 4.79 Å². The van der Waals surface area contributed by atoms with Crippen molar-refractivity contribution in [1.29, 1.82) is 0 Å². The third-order valence-electron chi connectivity index (χ3n) is 5.87. The van der Waals surface area contributed by atoms with Crippen molar-refractivity contribution in [2.24, 2.45) is 5.92 Å². The van der Waals surface area contributed by atoms with Crippen LogP contribution in [0.15, 0.2) is 42.6 Å². The molecule has 0 spiro atoms. The lowest BCUT2D eigenvalue weighted by Crippen LogP contribution is -2.39. The highest BCUT2D eigenvalue weighted by molar-refractivity contribution is 7.20. The molecule has 0 radical (unpaired) electrons. The highest BCUT2D eigenvalue weighted by Crippen LogP contribution is 2.31. The lowest BCUT2D eigenvalue weighted by molar-refractivity contribution is 0.0930. The molecule has 146 valence electrons. The summed E-state index contributed by atoms with van der Waals surface area (Å²) in [7, 11) is 0. The van der Waals surface area contributed by atoms with E-state index in [-0.39, 0.29) is 11.9 Å². The van der Waals surface area contributed by atoms with Crippen LogP contribution < -0.4 is 5.32 Å². The molecule has 0 unspecified atom stereocenters. The highest BCUT2D eigenvalue weighted by Gasteiger charge is 2.29. The summed E-state index contributed by atoms with van der Waals surface area (Å²) in [6, 6.07) is 12.8. The molecule has 2 atom stereocenters. The van der Waals surface area contributed by atoms with Crippen molar-refractivity contribution in [3.8, 4) is 0 Å². The van der Waals surface area contributed by atoms with Crippen molar-refractivity contribution in [3.05, 3.63) is 64.2 Å². The van der Waals surface area contributed by atoms with Crippen LogP contribution in [0.25, 0.3) is 10.2 Å². The van der Waals surface area contributed by atoms with Crippen LogP contribution in [0.2, 0.25) is 0 Å². The molecule has 3 aromatic rings. The van der Waals surface area contributed by atoms with Gasteiger partial charge in [-0.2, -0.15) is 0 Å². The summed E-state index contributed by atoms with van der Waals surface area (Å²) in [5.41, 5.74) is 3.58. The maximum atomic E-state index is 12.9. The number of amides is 1. The Labute approximate surface area is 170 Å². The van der Waals surface area contributed by atoms with E-state index in [1.165, 1.54) is 22.5 Å². The number of hydrogen-bond acceptors (Lipinski definition) is 4. The zero-order valence-electron chi connectivity index (χ0n) is 16.7. The Morgan fingerprint density at radius 2 is 2.07 bits per heavy atom. The van der Waals surface area contributed by atoms with Crippen LogP contribution in [0.4, 0.5) is 0 Å². The van der Waals surface area contributed by atoms with Gasteiger partial charge in [-0.25, -0.2) is 4.98 Å². The summed E-state index contributed by atoms with van der Waals surface area (Å²) in [5, 5.41) is 4.39. The van der Waals surface area contributed by atoms with Gasteiger partial charge in [0.25, 0.3) is 5.91 Å². The summed E-state index contributed by atoms with van der Waals surface area (Å²) < 4.78 is 0. The Bertz CT molecular complexity index is 982. The summed E-state index contributed by atoms with van der Waals surface area (Å²) in [4.78, 5) is 21.6. The third kappa shape index (κ3) is 3.82. The van der Waals surface area contributed by atoms with Crippen LogP contribution in [0.1, 0.15) is 39.7 Å². The van der Waals surface area contributed by atoms with Crippen molar-refractivity contribution >= 4 is 27.5 Å². The fourth-order valence-electron chi connectivity index (χ4n) is 4.22. The van der Waals surface area contributed by atoms with E-state index in [4.69, 9.17) is 0 Å². The Hall–Kier alpha value is -2.24. The Morgan fingerprint density at radius 3 is 2.82 bits per heavy atom. The molecule has 1 aliphatic rings. The molecule has 5 heteroatoms. The molecule has 0 saturated carbocycles. The van der Waals surface area contributed by atoms with Crippen LogP contribution in [-0.4, -0.2) is 34.9 Å². The maximum Gasteiger partial charge on any atom is 0.261 e. The van der Waals surface area contributed by atoms with Gasteiger partial charge in [-0.3, -0.25) is 9.69 Å². The van der Waals surface area contributed by atoms with Crippen molar-refractivity contribution in [3.63, 3.8) is 0 Å². The van der Waals surface area contributed by atoms with E-state index in [0.29, 0.717) is 5.92 Å². The van der Waals surface area contributed by atoms with Gasteiger partial charge in [-0.15, -0.1) is 11.3 Å². The second kappa shape index (κ2) is 8.02. The third-order valence-corrected chi connectivity index (χ3v) is 7.07. The predicted molar refractivity (Wildman–Crippen MR) is 116 cm³/mol. The van der Waals surface area contributed by atoms with Gasteiger partial charge in [0.15, 0.2) is 0 Å². The standard InChI is InChI=1S/C23H27N3OS/c1-15-9-11-24-23-20(15)16(2)21(28-23)22(27)25-17(3)19-10-12-26(14-19)13-18-7-5-4-6-8-18/h4-9,11,17,19H,10,12-14H2,1-3H3,(H,25,27)/t17-,19-/m1/s1. The number of thiophene rings is 1. The second-order valence-electron chi connectivity index (χ2n) is 7.90. The van der Waals surface area contributed by atoms with E-state index in [0.717, 1.165) is 46.7 Å². The van der Waals surface area contributed by atoms with Crippen molar-refractivity contribution in [2.45, 2.75) is 39.8 Å². The van der Waals surface area contributed by atoms with Gasteiger partial charge in [0, 0.05) is 30.7 Å². The van der Waals surface area contributed by atoms with Crippen molar-refractivity contribution in [1.82, 2.24) is 15.2 Å². The van der Waals surface area contributed by atoms with Crippen molar-refractivity contribution in [2.75, 3.05) is 13.1 Å². The molecular weight excluding hydrogens is 366 g/mol. The minimum absolute atomic E-state index is 0.0360. The number of likely N-dealkylation sites (tertiary alicyclic amines) is 1. The quantitative estimate of drug-likeness (QED) is 0.691. The van der Waals surface area contributed by atoms with Crippen LogP contribution in [0, 0.1) is 19.8 Å². The van der Waals surface area contributed by atoms with Crippen LogP contribution >= 0.6 is 11.3 Å². The van der Waals surface area contributed by atoms with E-state index in [1.54, 1.807) is 0 Å². The molecule has 1 aromatic carbocycles. The normalized spacial score (nSPS) is 18.5. The molecule has 4 nitrogen and oxygen atoms in total. The van der Waals surface area contributed by atoms with Crippen LogP contribution in [0.3, 0.4) is 0 Å². The first-order chi connectivity index (χ1) is 13.5. The van der Waals surface area contributed by atoms with E-state index < -0.39 is 0 Å². The summed E-state index contributed by atoms with van der Waals surface area (Å²) in [5.74, 6) is 0.524. The largest absolute Gasteiger partial charge is 0.349 e. The van der Waals surface area contributed by atoms with Gasteiger partial charge in [-0.1, -0.05) is 30.3 Å². The first kappa shape index (κ1) is 19.1. The van der Waals surface area contributed by atoms with Gasteiger partial charge in [0.2, 0.25) is 0 Å². The molecule has 28 heavy (non-hydrogen) atoms. The van der Waals surface area contributed by atoms with E-state index in [9.17, 15) is 4.79 Å². The SMILES string of the molecule is Cc1ccnc2sc(C(=O)N[C@H](C)[C@@H]3CCN(Cc4ccccc4)C3)c(C)c12. The highest BCUT2D eigenvalue weighted by atomic mass is 32.1. The number of fused-ring (bicyclic) bond motifs is 1. The van der Waals surface area contributed by atoms with E-state index >= 15 is 0 Å². The molecule has 1 amide bonds. The maximum absolute atomic E-state index is 12.9. The smallest absolute Gasteiger partial charge is 0.261 e. The lowest BCUT2D eigenvalue weighted by Gasteiger charge is -2.21. The molecule has 1 aliphatic heterocycles. The summed E-state index contributed by atoms with van der Waals surface area (Å²) >= 11 is 1.50. The lowest BCUT2D eigenvalue weighted by atomic mass is 10.0. The number of rotatable bonds is 5. The summed E-state index contributed by atoms with van der Waals surface area (Å²) in [6.07, 6.45) is 2.94. The van der Waals surface area contributed by atoms with Gasteiger partial charge < -0.3 is 5.32 Å². The molecular formula is C23H27N3OS. The Balaban J connectivity index is 1.40. The first-order valence-electron chi connectivity index (χ1n) is 9.94. The molecule has 1 N–H and O–H groups in total. The first-order valence-corrected chi connectivity index (χ1v) is 10.8. The topological polar surface area (TPSA) is 45.2 Å². The molecule has 3 heterocycles. The number of nitrogens with zero attached hydrogens (tertiary/aromatic N) is 2. The number of hydrogen-bond donors (Lipinski definition) is 1. The van der Waals surface area contributed by atoms with E-state index in [2.05, 4.69) is 59.4 Å². The van der Waals surface area contributed by atoms with E-state index in [1.807, 2.05) is 19.2 Å². The second-order valence-corrected chi connectivity index (χ2v) is 8.89. The fourth-order valence-corrected chi connectivity index (χ4v) is 5.35. The number of nitrogens with one attached hydrogen (secondary N) is 1. The zero-order valence-corrected chi connectivity index (χ0v) is 17.6. The molecule has 4 rings (SSSR count). The minimum Gasteiger partial charge on any atom is -0.349 e. The number of benzene rings is 1. The molecule has 1 saturated heterocycles. The summed E-state index contributed by atoms with van der Waals surface area (Å²) in [6.45, 7) is 9.35. The fraction of sp³-hybridized carbons (Fsp3) is 0.391. The van der Waals surface area contributed by atoms with Gasteiger partial charge in [0.05, 0.1) is 4.88 Å². The zero-order chi connectivity index (χ0) is 19.7. The van der Waals surface area contributed by atoms with Gasteiger partial charge in [0.1, 0.15) is 4.83 Å². The average Bonchev–Trinajstić information content (AvgIpc) is 3.28. The Kier molecular flexibility index (Phi) is 5.47. The van der Waals surface area contributed by atoms with Crippen LogP contribution in [0.5, 0.6) is 0 Å². The number of carbonyl (C=O) groups is 1. The molecule has 0 bridgehead atoms. The number of aryl methyl sites for hydroxylation is 2. The van der Waals surface area contributed by atoms with Crippen LogP contribution in [-0.2, 0) is 6.54 Å². The molecule has 2 aromatic heterocycles. The number of aromatic nitrogens is 1. The number of carbonyl (C=O) groups excluding carboxylic acids is 1. The minimum atomic E-state index is 0.0360. The molecule has 1 fully saturated rings. The Morgan fingerprint density at radius 1 is 1.29 bits per heavy atom. The predicted octanol–water partition coefficient (Wildman–Crippen LogP) is 4.55. The monoisotopic (exact) mass is 393 g/mol. The average molecular weight is 394 g/mol. The van der Waals surface area contributed by atoms with Gasteiger partial charge in [-0.05, 0) is 62.4 Å². The number of pyridine rings is 1. The molecule has 0 aliphatic carbocycles.